The first-order valence-electron chi connectivity index (χ1n) is 25.8. The number of nitrogens with one attached hydrogen (secondary N) is 2. The number of benzene rings is 2. The fraction of sp³-hybridized carbons (Fsp3) is 0.444. The van der Waals surface area contributed by atoms with Crippen molar-refractivity contribution in [1.29, 1.82) is 0 Å². The van der Waals surface area contributed by atoms with Crippen LogP contribution in [0.25, 0.3) is 10.0 Å². The normalized spacial score (nSPS) is 14.4. The first kappa shape index (κ1) is 59.8. The van der Waals surface area contributed by atoms with Gasteiger partial charge in [-0.2, -0.15) is 0 Å². The van der Waals surface area contributed by atoms with Gasteiger partial charge in [-0.3, -0.25) is 38.3 Å². The molecule has 2 amide bonds. The lowest BCUT2D eigenvalue weighted by Gasteiger charge is -2.12. The molecule has 0 aliphatic carbocycles. The number of carbonyl (C=O) groups excluding carboxylic acids is 4. The molecular weight excluding hydrogens is 1120 g/mol. The fourth-order valence-corrected chi connectivity index (χ4v) is 11.6. The highest BCUT2D eigenvalue weighted by atomic mass is 35.5. The highest BCUT2D eigenvalue weighted by Gasteiger charge is 2.36. The minimum Gasteiger partial charge on any atom is -0.469 e. The topological polar surface area (TPSA) is 252 Å². The molecule has 0 bridgehead atoms. The van der Waals surface area contributed by atoms with Gasteiger partial charge in [-0.05, 0) is 63.1 Å². The van der Waals surface area contributed by atoms with Gasteiger partial charge in [0, 0.05) is 45.4 Å². The predicted molar refractivity (Wildman–Crippen MR) is 300 cm³/mol. The zero-order chi connectivity index (χ0) is 56.7. The average Bonchev–Trinajstić information content (AvgIpc) is 4.23. The Morgan fingerprint density at radius 2 is 0.825 bits per heavy atom. The van der Waals surface area contributed by atoms with Crippen LogP contribution in [0, 0.1) is 27.7 Å². The number of carbonyl (C=O) groups is 4. The van der Waals surface area contributed by atoms with Gasteiger partial charge in [0.2, 0.25) is 0 Å². The van der Waals surface area contributed by atoms with E-state index in [0.717, 1.165) is 43.4 Å². The molecule has 2 atom stereocenters. The summed E-state index contributed by atoms with van der Waals surface area (Å²) < 4.78 is 47.5. The minimum absolute atomic E-state index is 0.0396. The van der Waals surface area contributed by atoms with Crippen LogP contribution < -0.4 is 10.6 Å². The van der Waals surface area contributed by atoms with Gasteiger partial charge in [-0.15, -0.1) is 43.1 Å². The fourth-order valence-electron chi connectivity index (χ4n) is 8.79. The van der Waals surface area contributed by atoms with Crippen molar-refractivity contribution in [3.05, 3.63) is 125 Å². The van der Waals surface area contributed by atoms with Crippen LogP contribution in [0.2, 0.25) is 10.0 Å². The van der Waals surface area contributed by atoms with Gasteiger partial charge >= 0.3 is 11.9 Å². The minimum atomic E-state index is -0.673. The third-order valence-corrected chi connectivity index (χ3v) is 15.8. The lowest BCUT2D eigenvalue weighted by Crippen LogP contribution is -2.27. The Labute approximate surface area is 480 Å². The summed E-state index contributed by atoms with van der Waals surface area (Å²) in [4.78, 5) is 63.3. The van der Waals surface area contributed by atoms with Gasteiger partial charge < -0.3 is 48.5 Å². The summed E-state index contributed by atoms with van der Waals surface area (Å²) >= 11 is 15.1. The molecule has 4 aromatic heterocycles. The lowest BCUT2D eigenvalue weighted by atomic mass is 9.99. The largest absolute Gasteiger partial charge is 0.469 e. The molecule has 426 valence electrons. The molecule has 2 aliphatic rings. The van der Waals surface area contributed by atoms with Crippen LogP contribution in [-0.2, 0) is 47.5 Å². The molecule has 2 N–H and O–H groups in total. The van der Waals surface area contributed by atoms with E-state index < -0.39 is 24.0 Å². The maximum atomic E-state index is 13.6. The van der Waals surface area contributed by atoms with Crippen molar-refractivity contribution in [2.45, 2.75) is 52.6 Å². The number of thiophene rings is 2. The molecule has 6 heterocycles. The van der Waals surface area contributed by atoms with Crippen LogP contribution in [0.1, 0.15) is 101 Å². The van der Waals surface area contributed by atoms with Crippen LogP contribution >= 0.6 is 45.9 Å². The number of halogens is 2. The zero-order valence-corrected chi connectivity index (χ0v) is 48.3. The number of fused-ring (bicyclic) bond motifs is 6. The third-order valence-electron chi connectivity index (χ3n) is 12.7. The summed E-state index contributed by atoms with van der Waals surface area (Å²) in [6, 6.07) is 13.2. The van der Waals surface area contributed by atoms with E-state index in [0.29, 0.717) is 121 Å². The van der Waals surface area contributed by atoms with E-state index >= 15 is 0 Å². The Balaban J connectivity index is 0.663. The van der Waals surface area contributed by atoms with Crippen molar-refractivity contribution < 1.29 is 57.1 Å². The van der Waals surface area contributed by atoms with Gasteiger partial charge in [0.15, 0.2) is 11.6 Å². The smallest absolute Gasteiger partial charge is 0.308 e. The second kappa shape index (κ2) is 28.9. The van der Waals surface area contributed by atoms with E-state index in [1.165, 1.54) is 36.9 Å². The maximum Gasteiger partial charge on any atom is 0.308 e. The molecule has 0 saturated heterocycles. The maximum absolute atomic E-state index is 13.6. The number of hydrogen-bond acceptors (Lipinski definition) is 20. The highest BCUT2D eigenvalue weighted by molar-refractivity contribution is 7.17. The van der Waals surface area contributed by atoms with Crippen molar-refractivity contribution in [1.82, 2.24) is 40.2 Å². The van der Waals surface area contributed by atoms with Crippen LogP contribution in [0.4, 0.5) is 0 Å². The molecule has 80 heavy (non-hydrogen) atoms. The van der Waals surface area contributed by atoms with Gasteiger partial charge in [-0.1, -0.05) is 47.5 Å². The second-order valence-electron chi connectivity index (χ2n) is 18.1. The highest BCUT2D eigenvalue weighted by Crippen LogP contribution is 2.42. The molecule has 0 saturated carbocycles. The Morgan fingerprint density at radius 1 is 0.500 bits per heavy atom. The number of methoxy groups -OCH3 is 2. The molecule has 0 unspecified atom stereocenters. The Kier molecular flexibility index (Phi) is 21.6. The number of hydrogen-bond donors (Lipinski definition) is 2. The molecular formula is C54H62Cl2N10O12S2. The van der Waals surface area contributed by atoms with Crippen LogP contribution in [0.5, 0.6) is 0 Å². The molecule has 26 heteroatoms. The summed E-state index contributed by atoms with van der Waals surface area (Å²) in [5.41, 5.74) is 5.70. The van der Waals surface area contributed by atoms with Crippen LogP contribution in [0.3, 0.4) is 0 Å². The molecule has 2 aliphatic heterocycles. The first-order chi connectivity index (χ1) is 38.8. The van der Waals surface area contributed by atoms with E-state index in [4.69, 9.17) is 71.1 Å². The van der Waals surface area contributed by atoms with E-state index in [-0.39, 0.29) is 51.0 Å². The van der Waals surface area contributed by atoms with E-state index in [1.54, 1.807) is 24.3 Å². The van der Waals surface area contributed by atoms with E-state index in [2.05, 4.69) is 31.0 Å². The standard InChI is InChI=1S/C54H62Cl2N10O12S2/c1-31-43-45(35-7-11-37(55)12-8-35)59-39(29-41(67)71-5)49-63-61-33(3)65(49)53(43)79-47(31)51(69)57-15-17-73-19-21-75-23-25-77-27-28-78-26-24-76-22-20-74-18-16-58-52(70)48-32(2)44-46(36-9-13-38(56)14-10-36)60-40(30-42(68)72-6)50-64-62-34(4)66(50)54(44)80-48/h7-14,39-40H,15-30H2,1-6H3,(H,57,69)(H,58,70)/t39-,40-/m0/s1. The monoisotopic (exact) mass is 1180 g/mol. The number of rotatable bonds is 29. The number of ether oxygens (including phenoxy) is 8. The second-order valence-corrected chi connectivity index (χ2v) is 21.0. The molecule has 0 spiro atoms. The summed E-state index contributed by atoms with van der Waals surface area (Å²) in [6.45, 7) is 12.3. The Bertz CT molecular complexity index is 2980. The van der Waals surface area contributed by atoms with Crippen molar-refractivity contribution >= 4 is 81.1 Å². The summed E-state index contributed by atoms with van der Waals surface area (Å²) in [5.74, 6) is 0.748. The predicted octanol–water partition coefficient (Wildman–Crippen LogP) is 6.68. The quantitative estimate of drug-likeness (QED) is 0.0367. The molecule has 2 aromatic carbocycles. The average molecular weight is 1180 g/mol. The number of aryl methyl sites for hydroxylation is 2. The van der Waals surface area contributed by atoms with Gasteiger partial charge in [0.1, 0.15) is 33.7 Å². The summed E-state index contributed by atoms with van der Waals surface area (Å²) in [5, 5.41) is 25.9. The van der Waals surface area contributed by atoms with Gasteiger partial charge in [0.25, 0.3) is 11.8 Å². The Morgan fingerprint density at radius 3 is 1.15 bits per heavy atom. The Hall–Kier alpha value is -6.32. The van der Waals surface area contributed by atoms with Gasteiger partial charge in [0.05, 0.1) is 128 Å². The number of esters is 2. The summed E-state index contributed by atoms with van der Waals surface area (Å²) in [6.07, 6.45) is -0.0792. The molecule has 0 fully saturated rings. The lowest BCUT2D eigenvalue weighted by molar-refractivity contribution is -0.142. The molecule has 0 radical (unpaired) electrons. The van der Waals surface area contributed by atoms with Crippen LogP contribution in [-0.4, -0.2) is 171 Å². The molecule has 22 nitrogen and oxygen atoms in total. The SMILES string of the molecule is COC(=O)C[C@@H]1N=C(c2ccc(Cl)cc2)c2c(sc(C(=O)NCCOCCOCCOCCOCCOCCOCCNC(=O)c3sc4c(c3C)C(c3ccc(Cl)cc3)=N[C@@H](CC(=O)OC)c3nnc(C)n3-4)c2C)-n2c(C)nnc21. The van der Waals surface area contributed by atoms with Crippen molar-refractivity contribution in [2.75, 3.05) is 107 Å². The van der Waals surface area contributed by atoms with Crippen molar-refractivity contribution in [3.63, 3.8) is 0 Å². The number of aromatic nitrogens is 6. The zero-order valence-electron chi connectivity index (χ0n) is 45.1. The van der Waals surface area contributed by atoms with E-state index in [1.807, 2.05) is 61.1 Å². The first-order valence-corrected chi connectivity index (χ1v) is 28.1. The number of nitrogens with zero attached hydrogens (tertiary/aromatic N) is 8. The summed E-state index contributed by atoms with van der Waals surface area (Å²) in [7, 11) is 2.66. The van der Waals surface area contributed by atoms with Crippen molar-refractivity contribution in [2.24, 2.45) is 9.98 Å². The third kappa shape index (κ3) is 14.6. The number of aliphatic imine (C=N–C) groups is 2. The molecule has 8 rings (SSSR count). The molecule has 6 aromatic rings. The van der Waals surface area contributed by atoms with Crippen LogP contribution in [0.15, 0.2) is 58.5 Å². The van der Waals surface area contributed by atoms with Gasteiger partial charge in [-0.25, -0.2) is 0 Å². The number of amides is 2. The van der Waals surface area contributed by atoms with Crippen molar-refractivity contribution in [3.8, 4) is 10.0 Å². The van der Waals surface area contributed by atoms with E-state index in [9.17, 15) is 19.2 Å².